The monoisotopic (exact) mass is 382 g/mol. The summed E-state index contributed by atoms with van der Waals surface area (Å²) in [5.41, 5.74) is 0.706. The molecule has 4 aliphatic rings. The summed E-state index contributed by atoms with van der Waals surface area (Å²) in [5.74, 6) is 2.17. The molecule has 0 heterocycles. The Morgan fingerprint density at radius 2 is 1.68 bits per heavy atom. The quantitative estimate of drug-likeness (QED) is 0.837. The van der Waals surface area contributed by atoms with E-state index in [1.807, 2.05) is 0 Å². The molecule has 5 nitrogen and oxygen atoms in total. The van der Waals surface area contributed by atoms with E-state index in [1.54, 1.807) is 6.07 Å². The zero-order chi connectivity index (χ0) is 17.8. The maximum atomic E-state index is 12.8. The van der Waals surface area contributed by atoms with Crippen LogP contribution in [0.1, 0.15) is 48.9 Å². The number of hydrogen-bond acceptors (Lipinski definition) is 3. The SMILES string of the molecule is CS(=O)(=O)Nc1ccc(C(=O)NC23CC4CC(CC(C4)C2)C3)cc1Cl. The molecule has 7 heteroatoms. The summed E-state index contributed by atoms with van der Waals surface area (Å²) < 4.78 is 25.0. The lowest BCUT2D eigenvalue weighted by molar-refractivity contribution is -0.0167. The van der Waals surface area contributed by atoms with Gasteiger partial charge in [0.1, 0.15) is 0 Å². The first-order valence-electron chi connectivity index (χ1n) is 8.81. The molecule has 0 radical (unpaired) electrons. The van der Waals surface area contributed by atoms with Crippen LogP contribution in [-0.4, -0.2) is 26.1 Å². The molecule has 5 rings (SSSR count). The van der Waals surface area contributed by atoms with E-state index < -0.39 is 10.0 Å². The summed E-state index contributed by atoms with van der Waals surface area (Å²) in [7, 11) is -3.40. The van der Waals surface area contributed by atoms with Gasteiger partial charge in [-0.05, 0) is 74.5 Å². The Labute approximate surface area is 153 Å². The zero-order valence-electron chi connectivity index (χ0n) is 14.2. The van der Waals surface area contributed by atoms with Crippen molar-refractivity contribution in [1.82, 2.24) is 5.32 Å². The molecule has 0 unspecified atom stereocenters. The van der Waals surface area contributed by atoms with Crippen molar-refractivity contribution >= 4 is 33.2 Å². The van der Waals surface area contributed by atoms with Crippen LogP contribution in [-0.2, 0) is 10.0 Å². The second-order valence-corrected chi connectivity index (χ2v) is 10.4. The largest absolute Gasteiger partial charge is 0.347 e. The van der Waals surface area contributed by atoms with Crippen LogP contribution in [0.4, 0.5) is 5.69 Å². The van der Waals surface area contributed by atoms with Crippen LogP contribution < -0.4 is 10.0 Å². The summed E-state index contributed by atoms with van der Waals surface area (Å²) in [6.45, 7) is 0. The van der Waals surface area contributed by atoms with Crippen molar-refractivity contribution in [2.45, 2.75) is 44.1 Å². The highest BCUT2D eigenvalue weighted by atomic mass is 35.5. The van der Waals surface area contributed by atoms with Gasteiger partial charge in [-0.3, -0.25) is 9.52 Å². The smallest absolute Gasteiger partial charge is 0.251 e. The Kier molecular flexibility index (Phi) is 4.03. The molecule has 0 atom stereocenters. The Bertz CT molecular complexity index is 786. The Morgan fingerprint density at radius 3 is 2.16 bits per heavy atom. The average Bonchev–Trinajstić information content (AvgIpc) is 2.46. The highest BCUT2D eigenvalue weighted by Gasteiger charge is 2.51. The topological polar surface area (TPSA) is 75.3 Å². The fourth-order valence-electron chi connectivity index (χ4n) is 5.52. The second-order valence-electron chi connectivity index (χ2n) is 8.22. The van der Waals surface area contributed by atoms with E-state index in [0.717, 1.165) is 43.3 Å². The second kappa shape index (κ2) is 5.88. The molecule has 0 aliphatic heterocycles. The highest BCUT2D eigenvalue weighted by molar-refractivity contribution is 7.92. The number of hydrogen-bond donors (Lipinski definition) is 2. The summed E-state index contributed by atoms with van der Waals surface area (Å²) in [6, 6.07) is 4.69. The van der Waals surface area contributed by atoms with E-state index >= 15 is 0 Å². The highest BCUT2D eigenvalue weighted by Crippen LogP contribution is 2.55. The minimum atomic E-state index is -3.40. The number of nitrogens with one attached hydrogen (secondary N) is 2. The molecule has 2 N–H and O–H groups in total. The van der Waals surface area contributed by atoms with Crippen molar-refractivity contribution in [2.75, 3.05) is 11.0 Å². The molecule has 4 aliphatic carbocycles. The minimum Gasteiger partial charge on any atom is -0.347 e. The molecule has 0 saturated heterocycles. The molecular weight excluding hydrogens is 360 g/mol. The number of rotatable bonds is 4. The third-order valence-electron chi connectivity index (χ3n) is 5.94. The molecule has 1 aromatic carbocycles. The molecule has 136 valence electrons. The van der Waals surface area contributed by atoms with Crippen LogP contribution in [0.3, 0.4) is 0 Å². The van der Waals surface area contributed by atoms with Crippen LogP contribution in [0.5, 0.6) is 0 Å². The lowest BCUT2D eigenvalue weighted by atomic mass is 9.53. The van der Waals surface area contributed by atoms with E-state index in [1.165, 1.54) is 31.4 Å². The maximum Gasteiger partial charge on any atom is 0.251 e. The van der Waals surface area contributed by atoms with E-state index in [2.05, 4.69) is 10.0 Å². The average molecular weight is 383 g/mol. The van der Waals surface area contributed by atoms with Gasteiger partial charge >= 0.3 is 0 Å². The first kappa shape index (κ1) is 17.2. The number of halogens is 1. The standard InChI is InChI=1S/C18H23ClN2O3S/c1-25(23,24)21-16-3-2-14(7-15(16)19)17(22)20-18-8-11-4-12(9-18)6-13(5-11)10-18/h2-3,7,11-13,21H,4-6,8-10H2,1H3,(H,20,22). The van der Waals surface area contributed by atoms with Gasteiger partial charge in [-0.15, -0.1) is 0 Å². The third kappa shape index (κ3) is 3.51. The summed E-state index contributed by atoms with van der Waals surface area (Å²) in [6.07, 6.45) is 8.31. The number of carbonyl (C=O) groups excluding carboxylic acids is 1. The summed E-state index contributed by atoms with van der Waals surface area (Å²) >= 11 is 6.15. The van der Waals surface area contributed by atoms with Gasteiger partial charge in [-0.1, -0.05) is 11.6 Å². The van der Waals surface area contributed by atoms with Gasteiger partial charge in [0, 0.05) is 11.1 Å². The predicted octanol–water partition coefficient (Wildman–Crippen LogP) is 3.41. The number of anilines is 1. The van der Waals surface area contributed by atoms with Crippen LogP contribution >= 0.6 is 11.6 Å². The molecular formula is C18H23ClN2O3S. The summed E-state index contributed by atoms with van der Waals surface area (Å²) in [4.78, 5) is 12.8. The van der Waals surface area contributed by atoms with Crippen molar-refractivity contribution in [3.8, 4) is 0 Å². The van der Waals surface area contributed by atoms with E-state index in [0.29, 0.717) is 5.56 Å². The van der Waals surface area contributed by atoms with Gasteiger partial charge < -0.3 is 5.32 Å². The maximum absolute atomic E-state index is 12.8. The Balaban J connectivity index is 1.51. The third-order valence-corrected chi connectivity index (χ3v) is 6.85. The van der Waals surface area contributed by atoms with Gasteiger partial charge in [-0.25, -0.2) is 8.42 Å². The lowest BCUT2D eigenvalue weighted by Crippen LogP contribution is -2.59. The van der Waals surface area contributed by atoms with Crippen LogP contribution in [0.25, 0.3) is 0 Å². The molecule has 1 amide bonds. The molecule has 1 aromatic rings. The number of benzene rings is 1. The minimum absolute atomic E-state index is 0.0536. The van der Waals surface area contributed by atoms with E-state index in [9.17, 15) is 13.2 Å². The number of amides is 1. The van der Waals surface area contributed by atoms with Crippen molar-refractivity contribution < 1.29 is 13.2 Å². The van der Waals surface area contributed by atoms with Gasteiger partial charge in [0.15, 0.2) is 0 Å². The molecule has 0 aromatic heterocycles. The van der Waals surface area contributed by atoms with Crippen molar-refractivity contribution in [3.63, 3.8) is 0 Å². The van der Waals surface area contributed by atoms with Crippen molar-refractivity contribution in [1.29, 1.82) is 0 Å². The molecule has 0 spiro atoms. The van der Waals surface area contributed by atoms with Crippen molar-refractivity contribution in [2.24, 2.45) is 17.8 Å². The van der Waals surface area contributed by atoms with Gasteiger partial charge in [0.05, 0.1) is 17.0 Å². The van der Waals surface area contributed by atoms with Gasteiger partial charge in [-0.2, -0.15) is 0 Å². The Hall–Kier alpha value is -1.27. The fraction of sp³-hybridized carbons (Fsp3) is 0.611. The first-order chi connectivity index (χ1) is 11.7. The zero-order valence-corrected chi connectivity index (χ0v) is 15.8. The van der Waals surface area contributed by atoms with Gasteiger partial charge in [0.2, 0.25) is 10.0 Å². The fourth-order valence-corrected chi connectivity index (χ4v) is 6.38. The van der Waals surface area contributed by atoms with E-state index in [-0.39, 0.29) is 22.2 Å². The molecule has 4 fully saturated rings. The normalized spacial score (nSPS) is 33.3. The van der Waals surface area contributed by atoms with Crippen LogP contribution in [0.2, 0.25) is 5.02 Å². The molecule has 4 saturated carbocycles. The summed E-state index contributed by atoms with van der Waals surface area (Å²) in [5, 5.41) is 3.53. The van der Waals surface area contributed by atoms with Crippen LogP contribution in [0, 0.1) is 17.8 Å². The van der Waals surface area contributed by atoms with Crippen LogP contribution in [0.15, 0.2) is 18.2 Å². The first-order valence-corrected chi connectivity index (χ1v) is 11.1. The predicted molar refractivity (Wildman–Crippen MR) is 98.3 cm³/mol. The lowest BCUT2D eigenvalue weighted by Gasteiger charge is -2.56. The number of carbonyl (C=O) groups is 1. The number of sulfonamides is 1. The van der Waals surface area contributed by atoms with E-state index in [4.69, 9.17) is 11.6 Å². The Morgan fingerprint density at radius 1 is 1.12 bits per heavy atom. The van der Waals surface area contributed by atoms with Gasteiger partial charge in [0.25, 0.3) is 5.91 Å². The molecule has 25 heavy (non-hydrogen) atoms. The molecule has 4 bridgehead atoms. The van der Waals surface area contributed by atoms with Crippen molar-refractivity contribution in [3.05, 3.63) is 28.8 Å².